The summed E-state index contributed by atoms with van der Waals surface area (Å²) in [5.41, 5.74) is 2.86. The molecule has 0 spiro atoms. The molecule has 7 nitrogen and oxygen atoms in total. The van der Waals surface area contributed by atoms with Crippen LogP contribution in [0.5, 0.6) is 0 Å². The molecule has 0 radical (unpaired) electrons. The van der Waals surface area contributed by atoms with Crippen molar-refractivity contribution >= 4 is 57.1 Å². The SMILES string of the molecule is [C-]#[N+]c1ccc(N2C(=O)C(C)(C)N(c3ccc(CNC(=O)c4ccc5[nH]ccc5c4)c(F)c3)C2=S)cc1C. The molecule has 2 N–H and O–H groups in total. The number of halogens is 1. The van der Waals surface area contributed by atoms with E-state index in [0.717, 1.165) is 16.5 Å². The van der Waals surface area contributed by atoms with Gasteiger partial charge < -0.3 is 15.2 Å². The van der Waals surface area contributed by atoms with Gasteiger partial charge in [-0.05, 0) is 87.1 Å². The molecule has 190 valence electrons. The maximum Gasteiger partial charge on any atom is 0.259 e. The predicted molar refractivity (Wildman–Crippen MR) is 150 cm³/mol. The van der Waals surface area contributed by atoms with Crippen LogP contribution in [0.3, 0.4) is 0 Å². The van der Waals surface area contributed by atoms with Gasteiger partial charge in [0.05, 0.1) is 6.57 Å². The number of H-pyrrole nitrogens is 1. The van der Waals surface area contributed by atoms with Gasteiger partial charge in [-0.25, -0.2) is 9.24 Å². The molecule has 1 saturated heterocycles. The van der Waals surface area contributed by atoms with Crippen LogP contribution in [0.4, 0.5) is 21.5 Å². The number of benzene rings is 3. The summed E-state index contributed by atoms with van der Waals surface area (Å²) < 4.78 is 15.2. The quantitative estimate of drug-likeness (QED) is 0.247. The lowest BCUT2D eigenvalue weighted by Crippen LogP contribution is -2.44. The first-order valence-corrected chi connectivity index (χ1v) is 12.3. The number of amides is 2. The monoisotopic (exact) mass is 525 g/mol. The van der Waals surface area contributed by atoms with Crippen molar-refractivity contribution in [2.75, 3.05) is 9.80 Å². The van der Waals surface area contributed by atoms with E-state index < -0.39 is 11.4 Å². The summed E-state index contributed by atoms with van der Waals surface area (Å²) in [7, 11) is 0. The Hall–Kier alpha value is -4.55. The number of hydrogen-bond acceptors (Lipinski definition) is 3. The van der Waals surface area contributed by atoms with Gasteiger partial charge in [-0.1, -0.05) is 12.1 Å². The number of nitrogens with zero attached hydrogens (tertiary/aromatic N) is 3. The lowest BCUT2D eigenvalue weighted by molar-refractivity contribution is -0.120. The molecule has 0 atom stereocenters. The molecule has 1 aliphatic rings. The summed E-state index contributed by atoms with van der Waals surface area (Å²) in [5, 5.41) is 3.90. The second-order valence-electron chi connectivity index (χ2n) is 9.64. The number of aromatic amines is 1. The molecule has 1 aromatic heterocycles. The van der Waals surface area contributed by atoms with Crippen molar-refractivity contribution in [3.05, 3.63) is 101 Å². The first kappa shape index (κ1) is 25.1. The average molecular weight is 526 g/mol. The van der Waals surface area contributed by atoms with Gasteiger partial charge in [0.2, 0.25) is 0 Å². The number of rotatable bonds is 5. The van der Waals surface area contributed by atoms with E-state index in [1.165, 1.54) is 11.0 Å². The number of aromatic nitrogens is 1. The molecule has 9 heteroatoms. The van der Waals surface area contributed by atoms with Crippen molar-refractivity contribution in [2.24, 2.45) is 0 Å². The van der Waals surface area contributed by atoms with Crippen molar-refractivity contribution in [3.63, 3.8) is 0 Å². The molecule has 1 fully saturated rings. The van der Waals surface area contributed by atoms with E-state index in [-0.39, 0.29) is 23.5 Å². The maximum absolute atomic E-state index is 15.2. The normalized spacial score (nSPS) is 14.7. The highest BCUT2D eigenvalue weighted by Crippen LogP contribution is 2.38. The molecular formula is C29H24FN5O2S. The molecule has 4 aromatic rings. The number of hydrogen-bond donors (Lipinski definition) is 2. The first-order chi connectivity index (χ1) is 18.1. The molecule has 2 heterocycles. The number of nitrogens with one attached hydrogen (secondary N) is 2. The summed E-state index contributed by atoms with van der Waals surface area (Å²) in [4.78, 5) is 35.6. The Morgan fingerprint density at radius 2 is 1.87 bits per heavy atom. The van der Waals surface area contributed by atoms with Gasteiger partial charge in [0.1, 0.15) is 11.4 Å². The second-order valence-corrected chi connectivity index (χ2v) is 10.0. The molecule has 2 amide bonds. The van der Waals surface area contributed by atoms with Crippen LogP contribution in [0.25, 0.3) is 15.7 Å². The fourth-order valence-electron chi connectivity index (χ4n) is 4.65. The molecule has 3 aromatic carbocycles. The number of carbonyl (C=O) groups is 2. The number of anilines is 2. The van der Waals surface area contributed by atoms with Crippen LogP contribution >= 0.6 is 12.2 Å². The summed E-state index contributed by atoms with van der Waals surface area (Å²) in [6, 6.07) is 16.9. The van der Waals surface area contributed by atoms with E-state index in [4.69, 9.17) is 18.8 Å². The molecule has 0 aliphatic carbocycles. The van der Waals surface area contributed by atoms with Crippen molar-refractivity contribution in [3.8, 4) is 0 Å². The molecular weight excluding hydrogens is 501 g/mol. The Balaban J connectivity index is 1.36. The molecule has 0 saturated carbocycles. The van der Waals surface area contributed by atoms with E-state index >= 15 is 4.39 Å². The predicted octanol–water partition coefficient (Wildman–Crippen LogP) is 6.01. The van der Waals surface area contributed by atoms with Crippen molar-refractivity contribution in [2.45, 2.75) is 32.9 Å². The van der Waals surface area contributed by atoms with Gasteiger partial charge in [-0.15, -0.1) is 0 Å². The third-order valence-corrected chi connectivity index (χ3v) is 7.14. The van der Waals surface area contributed by atoms with Crippen LogP contribution in [0, 0.1) is 19.3 Å². The standard InChI is InChI=1S/C29H24FN5O2S/c1-17-13-21(8-10-24(17)31-4)34-27(37)29(2,3)35(28(34)38)22-7-5-20(23(30)15-22)16-33-26(36)19-6-9-25-18(14-19)11-12-32-25/h5-15,32H,16H2,1-3H3,(H,33,36). The Morgan fingerprint density at radius 3 is 2.58 bits per heavy atom. The Kier molecular flexibility index (Phi) is 6.21. The van der Waals surface area contributed by atoms with Crippen LogP contribution in [0.2, 0.25) is 0 Å². The zero-order valence-electron chi connectivity index (χ0n) is 21.0. The van der Waals surface area contributed by atoms with Crippen LogP contribution in [-0.2, 0) is 11.3 Å². The van der Waals surface area contributed by atoms with Gasteiger partial charge in [0, 0.05) is 46.1 Å². The highest BCUT2D eigenvalue weighted by Gasteiger charge is 2.50. The lowest BCUT2D eigenvalue weighted by atomic mass is 10.0. The molecule has 5 rings (SSSR count). The van der Waals surface area contributed by atoms with Gasteiger partial charge in [-0.3, -0.25) is 14.5 Å². The first-order valence-electron chi connectivity index (χ1n) is 11.9. The number of thiocarbonyl (C=S) groups is 1. The Labute approximate surface area is 224 Å². The summed E-state index contributed by atoms with van der Waals surface area (Å²) in [6.45, 7) is 12.5. The van der Waals surface area contributed by atoms with Crippen LogP contribution in [0.1, 0.15) is 35.3 Å². The van der Waals surface area contributed by atoms with Crippen molar-refractivity contribution in [1.29, 1.82) is 0 Å². The molecule has 38 heavy (non-hydrogen) atoms. The molecule has 0 unspecified atom stereocenters. The van der Waals surface area contributed by atoms with E-state index in [1.54, 1.807) is 74.3 Å². The summed E-state index contributed by atoms with van der Waals surface area (Å²) in [6.07, 6.45) is 1.80. The topological polar surface area (TPSA) is 72.8 Å². The van der Waals surface area contributed by atoms with Gasteiger partial charge in [-0.2, -0.15) is 0 Å². The second kappa shape index (κ2) is 9.39. The smallest absolute Gasteiger partial charge is 0.259 e. The minimum absolute atomic E-state index is 0.00168. The molecule has 1 aliphatic heterocycles. The van der Waals surface area contributed by atoms with E-state index in [9.17, 15) is 9.59 Å². The zero-order chi connectivity index (χ0) is 27.2. The highest BCUT2D eigenvalue weighted by molar-refractivity contribution is 7.81. The van der Waals surface area contributed by atoms with Crippen molar-refractivity contribution in [1.82, 2.24) is 10.3 Å². The minimum Gasteiger partial charge on any atom is -0.361 e. The third-order valence-electron chi connectivity index (χ3n) is 6.78. The molecule has 0 bridgehead atoms. The number of fused-ring (bicyclic) bond motifs is 1. The fourth-order valence-corrected chi connectivity index (χ4v) is 5.17. The number of aryl methyl sites for hydroxylation is 1. The lowest BCUT2D eigenvalue weighted by Gasteiger charge is -2.29. The van der Waals surface area contributed by atoms with Crippen LogP contribution in [-0.4, -0.2) is 27.4 Å². The van der Waals surface area contributed by atoms with E-state index in [2.05, 4.69) is 15.1 Å². The zero-order valence-corrected chi connectivity index (χ0v) is 21.8. The third kappa shape index (κ3) is 4.19. The van der Waals surface area contributed by atoms with Gasteiger partial charge in [0.15, 0.2) is 10.8 Å². The average Bonchev–Trinajstić information content (AvgIpc) is 3.42. The Morgan fingerprint density at radius 1 is 1.11 bits per heavy atom. The van der Waals surface area contributed by atoms with E-state index in [0.29, 0.717) is 28.2 Å². The minimum atomic E-state index is -1.07. The summed E-state index contributed by atoms with van der Waals surface area (Å²) in [5.74, 6) is -1.08. The Bertz CT molecular complexity index is 1670. The summed E-state index contributed by atoms with van der Waals surface area (Å²) >= 11 is 5.69. The van der Waals surface area contributed by atoms with Gasteiger partial charge in [0.25, 0.3) is 11.8 Å². The van der Waals surface area contributed by atoms with E-state index in [1.807, 2.05) is 12.1 Å². The number of carbonyl (C=O) groups excluding carboxylic acids is 2. The maximum atomic E-state index is 15.2. The van der Waals surface area contributed by atoms with Crippen LogP contribution < -0.4 is 15.1 Å². The van der Waals surface area contributed by atoms with Crippen molar-refractivity contribution < 1.29 is 14.0 Å². The van der Waals surface area contributed by atoms with Gasteiger partial charge >= 0.3 is 0 Å². The van der Waals surface area contributed by atoms with Crippen LogP contribution in [0.15, 0.2) is 66.9 Å². The highest BCUT2D eigenvalue weighted by atomic mass is 32.1. The fraction of sp³-hybridized carbons (Fsp3) is 0.172. The largest absolute Gasteiger partial charge is 0.361 e.